The average molecular weight is 377 g/mol. The Balaban J connectivity index is 1.91. The van der Waals surface area contributed by atoms with Gasteiger partial charge >= 0.3 is 0 Å². The van der Waals surface area contributed by atoms with E-state index < -0.39 is 13.2 Å². The van der Waals surface area contributed by atoms with Crippen LogP contribution < -0.4 is 0 Å². The molecule has 2 atom stereocenters. The average Bonchev–Trinajstić information content (AvgIpc) is 3.31. The van der Waals surface area contributed by atoms with Gasteiger partial charge in [-0.2, -0.15) is 0 Å². The van der Waals surface area contributed by atoms with Crippen LogP contribution in [0.3, 0.4) is 0 Å². The Kier molecular flexibility index (Phi) is 4.61. The van der Waals surface area contributed by atoms with Crippen LogP contribution in [0.4, 0.5) is 5.69 Å². The molecule has 1 aromatic heterocycles. The molecule has 6 nitrogen and oxygen atoms in total. The van der Waals surface area contributed by atoms with Crippen LogP contribution in [0.2, 0.25) is 18.1 Å². The minimum absolute atomic E-state index is 0.00638. The second kappa shape index (κ2) is 6.25. The molecule has 0 aromatic carbocycles. The fraction of sp³-hybridized carbons (Fsp3) is 0.632. The van der Waals surface area contributed by atoms with Crippen LogP contribution in [0.1, 0.15) is 51.7 Å². The van der Waals surface area contributed by atoms with E-state index in [9.17, 15) is 10.1 Å². The Labute approximate surface area is 155 Å². The van der Waals surface area contributed by atoms with Crippen molar-refractivity contribution in [1.82, 2.24) is 4.98 Å². The first-order valence-electron chi connectivity index (χ1n) is 9.10. The predicted octanol–water partition coefficient (Wildman–Crippen LogP) is 4.93. The minimum atomic E-state index is -2.00. The number of nitrogens with zero attached hydrogens (tertiary/aromatic N) is 2. The van der Waals surface area contributed by atoms with Crippen molar-refractivity contribution in [3.8, 4) is 0 Å². The minimum Gasteiger partial charge on any atom is -0.410 e. The molecule has 0 bridgehead atoms. The fourth-order valence-corrected chi connectivity index (χ4v) is 4.55. The smallest absolute Gasteiger partial charge is 0.293 e. The van der Waals surface area contributed by atoms with Gasteiger partial charge < -0.3 is 9.16 Å². The molecule has 2 fully saturated rings. The molecule has 1 saturated carbocycles. The van der Waals surface area contributed by atoms with Crippen LogP contribution >= 0.6 is 0 Å². The lowest BCUT2D eigenvalue weighted by Gasteiger charge is -2.44. The molecule has 1 saturated heterocycles. The quantitative estimate of drug-likeness (QED) is 0.322. The summed E-state index contributed by atoms with van der Waals surface area (Å²) in [6.07, 6.45) is 4.73. The van der Waals surface area contributed by atoms with Crippen LogP contribution in [0, 0.1) is 10.1 Å². The Hall–Kier alpha value is -1.57. The van der Waals surface area contributed by atoms with Gasteiger partial charge in [0.15, 0.2) is 8.32 Å². The maximum Gasteiger partial charge on any atom is 0.293 e. The fourth-order valence-electron chi connectivity index (χ4n) is 3.24. The summed E-state index contributed by atoms with van der Waals surface area (Å²) in [5.41, 5.74) is 1.20. The molecule has 0 N–H and O–H groups in total. The van der Waals surface area contributed by atoms with Crippen LogP contribution in [0.25, 0.3) is 0 Å². The maximum atomic E-state index is 11.4. The van der Waals surface area contributed by atoms with Gasteiger partial charge in [-0.05, 0) is 42.6 Å². The molecule has 2 heterocycles. The Morgan fingerprint density at radius 3 is 2.62 bits per heavy atom. The summed E-state index contributed by atoms with van der Waals surface area (Å²) < 4.78 is 13.0. The number of nitro groups is 1. The third-order valence-electron chi connectivity index (χ3n) is 6.09. The van der Waals surface area contributed by atoms with Crippen molar-refractivity contribution >= 4 is 14.0 Å². The van der Waals surface area contributed by atoms with Gasteiger partial charge in [-0.15, -0.1) is 0 Å². The third-order valence-corrected chi connectivity index (χ3v) is 10.6. The van der Waals surface area contributed by atoms with Crippen LogP contribution in [-0.2, 0) is 9.16 Å². The summed E-state index contributed by atoms with van der Waals surface area (Å²) in [6.45, 7) is 15.4. The first-order valence-corrected chi connectivity index (χ1v) is 12.0. The lowest BCUT2D eigenvalue weighted by Crippen LogP contribution is -2.48. The summed E-state index contributed by atoms with van der Waals surface area (Å²) in [5.74, 6) is 0. The Morgan fingerprint density at radius 1 is 1.42 bits per heavy atom. The molecule has 142 valence electrons. The van der Waals surface area contributed by atoms with Gasteiger partial charge in [-0.3, -0.25) is 15.1 Å². The van der Waals surface area contributed by atoms with E-state index in [-0.39, 0.29) is 28.5 Å². The number of rotatable bonds is 4. The van der Waals surface area contributed by atoms with Crippen LogP contribution in [0.5, 0.6) is 0 Å². The summed E-state index contributed by atoms with van der Waals surface area (Å²) in [7, 11) is -2.00. The van der Waals surface area contributed by atoms with Crippen molar-refractivity contribution in [1.29, 1.82) is 0 Å². The number of pyridine rings is 1. The highest BCUT2D eigenvalue weighted by Gasteiger charge is 2.56. The molecule has 26 heavy (non-hydrogen) atoms. The van der Waals surface area contributed by atoms with Crippen LogP contribution in [0.15, 0.2) is 30.6 Å². The van der Waals surface area contributed by atoms with Gasteiger partial charge in [-0.25, -0.2) is 0 Å². The molecule has 1 aliphatic heterocycles. The second-order valence-corrected chi connectivity index (χ2v) is 13.7. The van der Waals surface area contributed by atoms with Gasteiger partial charge in [-0.1, -0.05) is 27.4 Å². The van der Waals surface area contributed by atoms with Crippen molar-refractivity contribution in [2.24, 2.45) is 0 Å². The monoisotopic (exact) mass is 376 g/mol. The van der Waals surface area contributed by atoms with Crippen molar-refractivity contribution < 1.29 is 14.1 Å². The van der Waals surface area contributed by atoms with Crippen molar-refractivity contribution in [3.05, 3.63) is 46.3 Å². The lowest BCUT2D eigenvalue weighted by molar-refractivity contribution is -0.386. The molecule has 7 heteroatoms. The number of hydrogen-bond donors (Lipinski definition) is 0. The molecule has 3 rings (SSSR count). The zero-order valence-corrected chi connectivity index (χ0v) is 17.2. The summed E-state index contributed by atoms with van der Waals surface area (Å²) in [5, 5.41) is 11.5. The normalized spacial score (nSPS) is 25.3. The highest BCUT2D eigenvalue weighted by Crippen LogP contribution is 2.56. The summed E-state index contributed by atoms with van der Waals surface area (Å²) in [6, 6.07) is 1.69. The van der Waals surface area contributed by atoms with Crippen LogP contribution in [-0.4, -0.2) is 29.9 Å². The van der Waals surface area contributed by atoms with E-state index in [2.05, 4.69) is 45.4 Å². The highest BCUT2D eigenvalue weighted by atomic mass is 28.4. The van der Waals surface area contributed by atoms with Gasteiger partial charge in [0.05, 0.1) is 28.3 Å². The third kappa shape index (κ3) is 3.35. The van der Waals surface area contributed by atoms with Crippen molar-refractivity contribution in [3.63, 3.8) is 0 Å². The zero-order valence-electron chi connectivity index (χ0n) is 16.2. The molecule has 1 aromatic rings. The molecule has 0 amide bonds. The Bertz CT molecular complexity index is 737. The highest BCUT2D eigenvalue weighted by molar-refractivity contribution is 6.74. The first-order chi connectivity index (χ1) is 12.0. The molecule has 1 aliphatic carbocycles. The van der Waals surface area contributed by atoms with E-state index in [0.717, 1.165) is 18.4 Å². The van der Waals surface area contributed by atoms with E-state index in [4.69, 9.17) is 9.16 Å². The topological polar surface area (TPSA) is 74.5 Å². The summed E-state index contributed by atoms with van der Waals surface area (Å²) >= 11 is 0. The second-order valence-electron chi connectivity index (χ2n) is 8.92. The lowest BCUT2D eigenvalue weighted by atomic mass is 9.91. The van der Waals surface area contributed by atoms with E-state index in [1.165, 1.54) is 6.20 Å². The summed E-state index contributed by atoms with van der Waals surface area (Å²) in [4.78, 5) is 14.9. The van der Waals surface area contributed by atoms with E-state index >= 15 is 0 Å². The van der Waals surface area contributed by atoms with Gasteiger partial charge in [0.25, 0.3) is 5.69 Å². The van der Waals surface area contributed by atoms with Gasteiger partial charge in [0, 0.05) is 12.6 Å². The molecular formula is C19H28N2O4Si. The predicted molar refractivity (Wildman–Crippen MR) is 103 cm³/mol. The maximum absolute atomic E-state index is 11.4. The first kappa shape index (κ1) is 19.2. The number of ether oxygens (including phenoxy) is 1. The van der Waals surface area contributed by atoms with Gasteiger partial charge in [0.1, 0.15) is 6.20 Å². The van der Waals surface area contributed by atoms with Crippen molar-refractivity contribution in [2.45, 2.75) is 76.0 Å². The number of hydrogen-bond acceptors (Lipinski definition) is 5. The van der Waals surface area contributed by atoms with E-state index in [1.54, 1.807) is 12.3 Å². The molecule has 0 radical (unpaired) electrons. The molecule has 2 unspecified atom stereocenters. The zero-order chi connectivity index (χ0) is 19.3. The van der Waals surface area contributed by atoms with Gasteiger partial charge in [0.2, 0.25) is 0 Å². The van der Waals surface area contributed by atoms with E-state index in [1.807, 2.05) is 0 Å². The molecule has 2 aliphatic rings. The van der Waals surface area contributed by atoms with E-state index in [0.29, 0.717) is 12.0 Å². The number of aromatic nitrogens is 1. The molecule has 1 spiro atoms. The largest absolute Gasteiger partial charge is 0.410 e. The van der Waals surface area contributed by atoms with Crippen molar-refractivity contribution in [2.75, 3.05) is 0 Å². The SMILES string of the molecule is C=C1C(O[Si](C)(C)C(C)(C)C)CC(c2ccncc2[N+](=O)[O-])OC12CC2. The standard InChI is InChI=1S/C19H28N2O4Si/c1-13-16(25-26(5,6)18(2,3)4)11-17(24-19(13)8-9-19)14-7-10-20-12-15(14)21(22)23/h7,10,12,16-17H,1,8-9,11H2,2-6H3. The Morgan fingerprint density at radius 2 is 2.08 bits per heavy atom. The molecular weight excluding hydrogens is 348 g/mol.